The zero-order chi connectivity index (χ0) is 13.8. The summed E-state index contributed by atoms with van der Waals surface area (Å²) in [6.45, 7) is 5.24. The maximum Gasteiger partial charge on any atom is 0.139 e. The lowest BCUT2D eigenvalue weighted by Crippen LogP contribution is -2.36. The van der Waals surface area contributed by atoms with Gasteiger partial charge < -0.3 is 14.8 Å². The van der Waals surface area contributed by atoms with Crippen molar-refractivity contribution in [2.75, 3.05) is 19.0 Å². The Balaban J connectivity index is 2.00. The molecule has 1 N–H and O–H groups in total. The summed E-state index contributed by atoms with van der Waals surface area (Å²) in [5.74, 6) is 1.27. The van der Waals surface area contributed by atoms with E-state index < -0.39 is 0 Å². The minimum Gasteiger partial charge on any atom is -0.495 e. The molecule has 1 fully saturated rings. The summed E-state index contributed by atoms with van der Waals surface area (Å²) in [6.07, 6.45) is 2.43. The third-order valence-corrected chi connectivity index (χ3v) is 3.89. The van der Waals surface area contributed by atoms with Gasteiger partial charge in [0.15, 0.2) is 0 Å². The van der Waals surface area contributed by atoms with E-state index in [1.54, 1.807) is 7.11 Å². The number of hydrogen-bond acceptors (Lipinski definition) is 3. The van der Waals surface area contributed by atoms with Crippen molar-refractivity contribution in [2.45, 2.75) is 38.8 Å². The first kappa shape index (κ1) is 14.5. The van der Waals surface area contributed by atoms with Crippen LogP contribution in [0.15, 0.2) is 18.2 Å². The predicted molar refractivity (Wildman–Crippen MR) is 79.2 cm³/mol. The van der Waals surface area contributed by atoms with Gasteiger partial charge in [0.2, 0.25) is 0 Å². The van der Waals surface area contributed by atoms with Gasteiger partial charge >= 0.3 is 0 Å². The average Bonchev–Trinajstić information content (AvgIpc) is 2.41. The molecule has 1 aromatic carbocycles. The molecule has 0 aromatic heterocycles. The summed E-state index contributed by atoms with van der Waals surface area (Å²) in [6, 6.07) is 6.25. The largest absolute Gasteiger partial charge is 0.495 e. The Morgan fingerprint density at radius 3 is 2.89 bits per heavy atom. The molecular weight excluding hydrogens is 262 g/mol. The maximum atomic E-state index is 6.03. The summed E-state index contributed by atoms with van der Waals surface area (Å²) in [7, 11) is 1.63. The van der Waals surface area contributed by atoms with Crippen LogP contribution in [0.4, 0.5) is 5.69 Å². The molecule has 2 atom stereocenters. The van der Waals surface area contributed by atoms with E-state index >= 15 is 0 Å². The van der Waals surface area contributed by atoms with Gasteiger partial charge in [-0.2, -0.15) is 0 Å². The fourth-order valence-corrected chi connectivity index (χ4v) is 2.60. The molecule has 1 aliphatic heterocycles. The van der Waals surface area contributed by atoms with Gasteiger partial charge in [0.05, 0.1) is 18.2 Å². The second-order valence-corrected chi connectivity index (χ2v) is 5.78. The fourth-order valence-electron chi connectivity index (χ4n) is 2.41. The summed E-state index contributed by atoms with van der Waals surface area (Å²) < 4.78 is 11.0. The van der Waals surface area contributed by atoms with Crippen LogP contribution < -0.4 is 10.1 Å². The van der Waals surface area contributed by atoms with Crippen molar-refractivity contribution in [3.63, 3.8) is 0 Å². The van der Waals surface area contributed by atoms with Crippen LogP contribution in [0.5, 0.6) is 5.75 Å². The Hall–Kier alpha value is -0.930. The molecule has 1 aliphatic rings. The Bertz CT molecular complexity index is 423. The van der Waals surface area contributed by atoms with Gasteiger partial charge in [0.25, 0.3) is 0 Å². The standard InChI is InChI=1S/C15H22ClNO2/c1-10(2)14-8-12(6-7-19-14)17-11-4-5-13(16)15(9-11)18-3/h4-5,9-10,12,14,17H,6-8H2,1-3H3. The SMILES string of the molecule is COc1cc(NC2CCOC(C(C)C)C2)ccc1Cl. The van der Waals surface area contributed by atoms with Crippen LogP contribution in [0.1, 0.15) is 26.7 Å². The molecule has 106 valence electrons. The van der Waals surface area contributed by atoms with Gasteiger partial charge in [-0.05, 0) is 30.9 Å². The molecule has 0 spiro atoms. The van der Waals surface area contributed by atoms with E-state index in [4.69, 9.17) is 21.1 Å². The van der Waals surface area contributed by atoms with Crippen LogP contribution in [-0.2, 0) is 4.74 Å². The fraction of sp³-hybridized carbons (Fsp3) is 0.600. The van der Waals surface area contributed by atoms with E-state index in [1.807, 2.05) is 18.2 Å². The van der Waals surface area contributed by atoms with Crippen LogP contribution in [0.2, 0.25) is 5.02 Å². The molecule has 1 saturated heterocycles. The lowest BCUT2D eigenvalue weighted by molar-refractivity contribution is -0.0160. The molecule has 0 bridgehead atoms. The lowest BCUT2D eigenvalue weighted by atomic mass is 9.95. The van der Waals surface area contributed by atoms with Gasteiger partial charge in [-0.15, -0.1) is 0 Å². The number of halogens is 1. The van der Waals surface area contributed by atoms with Crippen molar-refractivity contribution >= 4 is 17.3 Å². The van der Waals surface area contributed by atoms with E-state index in [-0.39, 0.29) is 0 Å². The zero-order valence-corrected chi connectivity index (χ0v) is 12.5. The number of rotatable bonds is 4. The normalized spacial score (nSPS) is 23.4. The molecule has 19 heavy (non-hydrogen) atoms. The molecule has 1 aromatic rings. The molecule has 2 rings (SSSR count). The lowest BCUT2D eigenvalue weighted by Gasteiger charge is -2.33. The highest BCUT2D eigenvalue weighted by molar-refractivity contribution is 6.32. The molecule has 0 aliphatic carbocycles. The quantitative estimate of drug-likeness (QED) is 0.907. The predicted octanol–water partition coefficient (Wildman–Crippen LogP) is 3.96. The van der Waals surface area contributed by atoms with Gasteiger partial charge in [0.1, 0.15) is 5.75 Å². The Labute approximate surface area is 120 Å². The Kier molecular flexibility index (Phi) is 4.94. The third-order valence-electron chi connectivity index (χ3n) is 3.58. The second kappa shape index (κ2) is 6.49. The molecule has 4 heteroatoms. The van der Waals surface area contributed by atoms with Crippen molar-refractivity contribution < 1.29 is 9.47 Å². The highest BCUT2D eigenvalue weighted by atomic mass is 35.5. The minimum absolute atomic E-state index is 0.348. The number of nitrogens with one attached hydrogen (secondary N) is 1. The summed E-state index contributed by atoms with van der Waals surface area (Å²) in [4.78, 5) is 0. The van der Waals surface area contributed by atoms with Crippen LogP contribution in [0.3, 0.4) is 0 Å². The van der Waals surface area contributed by atoms with Crippen LogP contribution in [0.25, 0.3) is 0 Å². The topological polar surface area (TPSA) is 30.5 Å². The zero-order valence-electron chi connectivity index (χ0n) is 11.8. The molecule has 0 saturated carbocycles. The van der Waals surface area contributed by atoms with Crippen LogP contribution in [0, 0.1) is 5.92 Å². The van der Waals surface area contributed by atoms with E-state index in [1.165, 1.54) is 0 Å². The number of benzene rings is 1. The smallest absolute Gasteiger partial charge is 0.139 e. The van der Waals surface area contributed by atoms with Gasteiger partial charge in [-0.25, -0.2) is 0 Å². The Morgan fingerprint density at radius 2 is 2.21 bits per heavy atom. The minimum atomic E-state index is 0.348. The number of anilines is 1. The molecule has 2 unspecified atom stereocenters. The number of methoxy groups -OCH3 is 1. The van der Waals surface area contributed by atoms with E-state index in [9.17, 15) is 0 Å². The van der Waals surface area contributed by atoms with E-state index in [0.717, 1.165) is 25.1 Å². The summed E-state index contributed by atoms with van der Waals surface area (Å²) in [5.41, 5.74) is 1.05. The van der Waals surface area contributed by atoms with Gasteiger partial charge in [-0.1, -0.05) is 25.4 Å². The second-order valence-electron chi connectivity index (χ2n) is 5.37. The van der Waals surface area contributed by atoms with Crippen LogP contribution >= 0.6 is 11.6 Å². The monoisotopic (exact) mass is 283 g/mol. The number of hydrogen-bond donors (Lipinski definition) is 1. The van der Waals surface area contributed by atoms with Crippen molar-refractivity contribution in [1.29, 1.82) is 0 Å². The van der Waals surface area contributed by atoms with Gasteiger partial charge in [-0.3, -0.25) is 0 Å². The highest BCUT2D eigenvalue weighted by Crippen LogP contribution is 2.29. The number of ether oxygens (including phenoxy) is 2. The maximum absolute atomic E-state index is 6.03. The molecule has 0 radical (unpaired) electrons. The Morgan fingerprint density at radius 1 is 1.42 bits per heavy atom. The molecular formula is C15H22ClNO2. The van der Waals surface area contributed by atoms with Crippen molar-refractivity contribution in [1.82, 2.24) is 0 Å². The van der Waals surface area contributed by atoms with Crippen LogP contribution in [-0.4, -0.2) is 25.9 Å². The first-order chi connectivity index (χ1) is 9.10. The average molecular weight is 284 g/mol. The first-order valence-corrected chi connectivity index (χ1v) is 7.19. The van der Waals surface area contributed by atoms with E-state index in [0.29, 0.717) is 28.8 Å². The van der Waals surface area contributed by atoms with E-state index in [2.05, 4.69) is 19.2 Å². The molecule has 0 amide bonds. The molecule has 1 heterocycles. The van der Waals surface area contributed by atoms with Gasteiger partial charge in [0, 0.05) is 24.4 Å². The summed E-state index contributed by atoms with van der Waals surface area (Å²) in [5, 5.41) is 4.19. The summed E-state index contributed by atoms with van der Waals surface area (Å²) >= 11 is 6.03. The highest BCUT2D eigenvalue weighted by Gasteiger charge is 2.24. The molecule has 3 nitrogen and oxygen atoms in total. The van der Waals surface area contributed by atoms with Crippen molar-refractivity contribution in [2.24, 2.45) is 5.92 Å². The third kappa shape index (κ3) is 3.77. The van der Waals surface area contributed by atoms with Crippen molar-refractivity contribution in [3.05, 3.63) is 23.2 Å². The van der Waals surface area contributed by atoms with Crippen molar-refractivity contribution in [3.8, 4) is 5.75 Å². The first-order valence-electron chi connectivity index (χ1n) is 6.82.